The first-order valence-corrected chi connectivity index (χ1v) is 6.78. The summed E-state index contributed by atoms with van der Waals surface area (Å²) >= 11 is 1.50. The van der Waals surface area contributed by atoms with E-state index in [4.69, 9.17) is 10.2 Å². The minimum absolute atomic E-state index is 0.0143. The molecule has 0 radical (unpaired) electrons. The first kappa shape index (κ1) is 12.2. The van der Waals surface area contributed by atoms with Crippen LogP contribution in [0.5, 0.6) is 0 Å². The van der Waals surface area contributed by atoms with Gasteiger partial charge in [0.05, 0.1) is 25.0 Å². The molecule has 3 N–H and O–H groups in total. The predicted octanol–water partition coefficient (Wildman–Crippen LogP) is 0.950. The van der Waals surface area contributed by atoms with E-state index >= 15 is 0 Å². The average molecular weight is 278 g/mol. The number of nitrogens with zero attached hydrogens (tertiary/aromatic N) is 2. The van der Waals surface area contributed by atoms with Crippen molar-refractivity contribution in [2.24, 2.45) is 0 Å². The number of hydrogen-bond acceptors (Lipinski definition) is 6. The number of nitrogen functional groups attached to an aromatic ring is 1. The van der Waals surface area contributed by atoms with Crippen LogP contribution in [0.3, 0.4) is 0 Å². The summed E-state index contributed by atoms with van der Waals surface area (Å²) in [5, 5.41) is 3.43. The van der Waals surface area contributed by atoms with Gasteiger partial charge < -0.3 is 15.5 Å². The van der Waals surface area contributed by atoms with Crippen LogP contribution >= 0.6 is 11.3 Å². The number of nitrogens with two attached hydrogens (primary N) is 1. The van der Waals surface area contributed by atoms with Gasteiger partial charge in [-0.2, -0.15) is 0 Å². The lowest BCUT2D eigenvalue weighted by molar-refractivity contribution is -0.122. The fourth-order valence-corrected chi connectivity index (χ4v) is 2.97. The summed E-state index contributed by atoms with van der Waals surface area (Å²) in [7, 11) is 0. The summed E-state index contributed by atoms with van der Waals surface area (Å²) in [5.41, 5.74) is 6.64. The van der Waals surface area contributed by atoms with Gasteiger partial charge in [0.2, 0.25) is 5.91 Å². The molecule has 7 heteroatoms. The molecule has 0 spiro atoms. The van der Waals surface area contributed by atoms with Crippen molar-refractivity contribution in [2.75, 3.05) is 12.3 Å². The number of amides is 1. The third kappa shape index (κ3) is 2.77. The molecule has 2 aromatic heterocycles. The van der Waals surface area contributed by atoms with Crippen LogP contribution in [-0.4, -0.2) is 22.3 Å². The summed E-state index contributed by atoms with van der Waals surface area (Å²) < 4.78 is 5.15. The van der Waals surface area contributed by atoms with E-state index in [0.29, 0.717) is 24.8 Å². The molecule has 0 bridgehead atoms. The Labute approximate surface area is 114 Å². The van der Waals surface area contributed by atoms with Gasteiger partial charge in [0, 0.05) is 18.0 Å². The molecule has 1 aliphatic rings. The van der Waals surface area contributed by atoms with Crippen molar-refractivity contribution < 1.29 is 9.21 Å². The third-order valence-electron chi connectivity index (χ3n) is 2.94. The molecule has 0 unspecified atom stereocenters. The molecule has 0 saturated carbocycles. The van der Waals surface area contributed by atoms with Crippen molar-refractivity contribution in [3.05, 3.63) is 34.7 Å². The van der Waals surface area contributed by atoms with Crippen LogP contribution in [0.2, 0.25) is 0 Å². The Morgan fingerprint density at radius 2 is 2.47 bits per heavy atom. The Kier molecular flexibility index (Phi) is 3.22. The topological polar surface area (TPSA) is 84.4 Å². The SMILES string of the molecule is Nc1nc2c(s1)CN(CC(=O)NCc1ccco1)C2. The van der Waals surface area contributed by atoms with E-state index in [1.165, 1.54) is 11.3 Å². The van der Waals surface area contributed by atoms with Crippen molar-refractivity contribution in [3.63, 3.8) is 0 Å². The molecular formula is C12H14N4O2S. The minimum Gasteiger partial charge on any atom is -0.467 e. The molecular weight excluding hydrogens is 264 g/mol. The highest BCUT2D eigenvalue weighted by molar-refractivity contribution is 7.15. The van der Waals surface area contributed by atoms with Crippen molar-refractivity contribution in [1.29, 1.82) is 0 Å². The molecule has 3 heterocycles. The maximum Gasteiger partial charge on any atom is 0.234 e. The average Bonchev–Trinajstić information content (AvgIpc) is 3.02. The zero-order valence-electron chi connectivity index (χ0n) is 10.3. The number of carbonyl (C=O) groups excluding carboxylic acids is 1. The zero-order chi connectivity index (χ0) is 13.2. The molecule has 0 atom stereocenters. The summed E-state index contributed by atoms with van der Waals surface area (Å²) in [5.74, 6) is 0.739. The summed E-state index contributed by atoms with van der Waals surface area (Å²) in [6.45, 7) is 2.23. The summed E-state index contributed by atoms with van der Waals surface area (Å²) in [4.78, 5) is 19.3. The quantitative estimate of drug-likeness (QED) is 0.870. The van der Waals surface area contributed by atoms with E-state index in [9.17, 15) is 4.79 Å². The highest BCUT2D eigenvalue weighted by atomic mass is 32.1. The third-order valence-corrected chi connectivity index (χ3v) is 3.85. The number of carbonyl (C=O) groups is 1. The number of thiazole rings is 1. The Morgan fingerprint density at radius 1 is 1.58 bits per heavy atom. The smallest absolute Gasteiger partial charge is 0.234 e. The van der Waals surface area contributed by atoms with Gasteiger partial charge in [-0.15, -0.1) is 11.3 Å². The molecule has 0 aromatic carbocycles. The number of fused-ring (bicyclic) bond motifs is 1. The van der Waals surface area contributed by atoms with Gasteiger partial charge in [-0.05, 0) is 12.1 Å². The van der Waals surface area contributed by atoms with E-state index in [0.717, 1.165) is 22.9 Å². The minimum atomic E-state index is -0.0143. The molecule has 3 rings (SSSR count). The Balaban J connectivity index is 1.47. The Hall–Kier alpha value is -1.86. The van der Waals surface area contributed by atoms with Gasteiger partial charge in [0.25, 0.3) is 0 Å². The molecule has 19 heavy (non-hydrogen) atoms. The number of aromatic nitrogens is 1. The lowest BCUT2D eigenvalue weighted by Crippen LogP contribution is -2.34. The van der Waals surface area contributed by atoms with Crippen LogP contribution in [-0.2, 0) is 24.4 Å². The molecule has 0 fully saturated rings. The molecule has 2 aromatic rings. The van der Waals surface area contributed by atoms with Gasteiger partial charge in [0.15, 0.2) is 5.13 Å². The first-order chi connectivity index (χ1) is 9.20. The standard InChI is InChI=1S/C12H14N4O2S/c13-12-15-9-5-16(6-10(9)19-12)7-11(17)14-4-8-2-1-3-18-8/h1-3H,4-7H2,(H2,13,15)(H,14,17). The van der Waals surface area contributed by atoms with Crippen LogP contribution in [0.1, 0.15) is 16.3 Å². The van der Waals surface area contributed by atoms with E-state index in [2.05, 4.69) is 10.3 Å². The van der Waals surface area contributed by atoms with Gasteiger partial charge in [-0.3, -0.25) is 9.69 Å². The largest absolute Gasteiger partial charge is 0.467 e. The summed E-state index contributed by atoms with van der Waals surface area (Å²) in [6.07, 6.45) is 1.59. The maximum absolute atomic E-state index is 11.8. The molecule has 1 amide bonds. The second kappa shape index (κ2) is 5.02. The number of furan rings is 1. The summed E-state index contributed by atoms with van der Waals surface area (Å²) in [6, 6.07) is 3.64. The second-order valence-corrected chi connectivity index (χ2v) is 5.54. The number of hydrogen-bond donors (Lipinski definition) is 2. The number of anilines is 1. The normalized spacial score (nSPS) is 14.5. The second-order valence-electron chi connectivity index (χ2n) is 4.42. The van der Waals surface area contributed by atoms with Crippen LogP contribution in [0.25, 0.3) is 0 Å². The van der Waals surface area contributed by atoms with Crippen LogP contribution in [0, 0.1) is 0 Å². The lowest BCUT2D eigenvalue weighted by atomic mass is 10.4. The highest BCUT2D eigenvalue weighted by Gasteiger charge is 2.24. The highest BCUT2D eigenvalue weighted by Crippen LogP contribution is 2.28. The van der Waals surface area contributed by atoms with E-state index in [1.54, 1.807) is 12.3 Å². The van der Waals surface area contributed by atoms with E-state index in [1.807, 2.05) is 11.0 Å². The van der Waals surface area contributed by atoms with Crippen molar-refractivity contribution in [1.82, 2.24) is 15.2 Å². The monoisotopic (exact) mass is 278 g/mol. The van der Waals surface area contributed by atoms with Gasteiger partial charge in [-0.25, -0.2) is 4.98 Å². The van der Waals surface area contributed by atoms with Crippen molar-refractivity contribution in [3.8, 4) is 0 Å². The van der Waals surface area contributed by atoms with Crippen LogP contribution in [0.4, 0.5) is 5.13 Å². The van der Waals surface area contributed by atoms with E-state index < -0.39 is 0 Å². The van der Waals surface area contributed by atoms with Crippen molar-refractivity contribution >= 4 is 22.4 Å². The Bertz CT molecular complexity index is 555. The molecule has 1 aliphatic heterocycles. The van der Waals surface area contributed by atoms with Gasteiger partial charge >= 0.3 is 0 Å². The fourth-order valence-electron chi connectivity index (χ4n) is 2.09. The van der Waals surface area contributed by atoms with E-state index in [-0.39, 0.29) is 5.91 Å². The van der Waals surface area contributed by atoms with Crippen LogP contribution < -0.4 is 11.1 Å². The van der Waals surface area contributed by atoms with Gasteiger partial charge in [0.1, 0.15) is 5.76 Å². The van der Waals surface area contributed by atoms with Crippen molar-refractivity contribution in [2.45, 2.75) is 19.6 Å². The molecule has 100 valence electrons. The number of nitrogens with one attached hydrogen (secondary N) is 1. The maximum atomic E-state index is 11.8. The number of rotatable bonds is 4. The lowest BCUT2D eigenvalue weighted by Gasteiger charge is -2.13. The molecule has 0 aliphatic carbocycles. The Morgan fingerprint density at radius 3 is 3.21 bits per heavy atom. The molecule has 0 saturated heterocycles. The predicted molar refractivity (Wildman–Crippen MR) is 71.2 cm³/mol. The van der Waals surface area contributed by atoms with Gasteiger partial charge in [-0.1, -0.05) is 0 Å². The van der Waals surface area contributed by atoms with Crippen LogP contribution in [0.15, 0.2) is 22.8 Å². The molecule has 6 nitrogen and oxygen atoms in total. The zero-order valence-corrected chi connectivity index (χ0v) is 11.1. The fraction of sp³-hybridized carbons (Fsp3) is 0.333. The first-order valence-electron chi connectivity index (χ1n) is 5.96.